The molecule has 2 heterocycles. The fourth-order valence-electron chi connectivity index (χ4n) is 3.52. The van der Waals surface area contributed by atoms with E-state index in [0.29, 0.717) is 17.6 Å². The Morgan fingerprint density at radius 3 is 2.71 bits per heavy atom. The van der Waals surface area contributed by atoms with E-state index in [0.717, 1.165) is 50.1 Å². The number of hydrogen-bond donors (Lipinski definition) is 2. The van der Waals surface area contributed by atoms with E-state index in [1.54, 1.807) is 6.26 Å². The van der Waals surface area contributed by atoms with E-state index in [2.05, 4.69) is 20.8 Å². The molecule has 8 nitrogen and oxygen atoms in total. The Hall–Kier alpha value is -2.29. The van der Waals surface area contributed by atoms with E-state index >= 15 is 0 Å². The van der Waals surface area contributed by atoms with Crippen molar-refractivity contribution in [2.24, 2.45) is 0 Å². The van der Waals surface area contributed by atoms with E-state index < -0.39 is 6.03 Å². The number of nitrogens with one attached hydrogen (secondary N) is 2. The third-order valence-corrected chi connectivity index (χ3v) is 6.07. The van der Waals surface area contributed by atoms with Gasteiger partial charge in [0.25, 0.3) is 0 Å². The lowest BCUT2D eigenvalue weighted by molar-refractivity contribution is -0.117. The van der Waals surface area contributed by atoms with Crippen LogP contribution in [0.15, 0.2) is 28.0 Å². The van der Waals surface area contributed by atoms with Crippen LogP contribution in [-0.2, 0) is 11.3 Å². The van der Waals surface area contributed by atoms with Gasteiger partial charge in [0.2, 0.25) is 5.91 Å². The summed E-state index contributed by atoms with van der Waals surface area (Å²) < 4.78 is 7.46. The van der Waals surface area contributed by atoms with Crippen molar-refractivity contribution >= 4 is 23.7 Å². The van der Waals surface area contributed by atoms with Gasteiger partial charge in [-0.2, -0.15) is 0 Å². The minimum Gasteiger partial charge on any atom is -0.467 e. The first-order valence-electron chi connectivity index (χ1n) is 9.87. The van der Waals surface area contributed by atoms with E-state index in [9.17, 15) is 9.59 Å². The van der Waals surface area contributed by atoms with Crippen molar-refractivity contribution in [1.82, 2.24) is 25.4 Å². The predicted molar refractivity (Wildman–Crippen MR) is 104 cm³/mol. The fraction of sp³-hybridized carbons (Fsp3) is 0.579. The van der Waals surface area contributed by atoms with Crippen LogP contribution in [0.25, 0.3) is 0 Å². The summed E-state index contributed by atoms with van der Waals surface area (Å²) in [6.45, 7) is 0.540. The third kappa shape index (κ3) is 4.95. The molecule has 0 spiro atoms. The van der Waals surface area contributed by atoms with Crippen molar-refractivity contribution < 1.29 is 14.0 Å². The molecule has 2 aromatic rings. The largest absolute Gasteiger partial charge is 0.467 e. The number of rotatable bonds is 7. The summed E-state index contributed by atoms with van der Waals surface area (Å²) in [5.41, 5.74) is 0. The summed E-state index contributed by atoms with van der Waals surface area (Å²) in [4.78, 5) is 24.2. The van der Waals surface area contributed by atoms with Crippen molar-refractivity contribution in [1.29, 1.82) is 0 Å². The number of nitrogens with zero attached hydrogens (tertiary/aromatic N) is 3. The Kier molecular flexibility index (Phi) is 5.99. The van der Waals surface area contributed by atoms with Crippen LogP contribution in [0.2, 0.25) is 0 Å². The Morgan fingerprint density at radius 1 is 1.18 bits per heavy atom. The van der Waals surface area contributed by atoms with Crippen molar-refractivity contribution in [2.75, 3.05) is 5.75 Å². The summed E-state index contributed by atoms with van der Waals surface area (Å²) in [5, 5.41) is 14.5. The number of furan rings is 1. The summed E-state index contributed by atoms with van der Waals surface area (Å²) in [5.74, 6) is 1.97. The van der Waals surface area contributed by atoms with Gasteiger partial charge in [-0.25, -0.2) is 4.79 Å². The van der Waals surface area contributed by atoms with E-state index in [1.165, 1.54) is 18.2 Å². The van der Waals surface area contributed by atoms with Gasteiger partial charge in [-0.3, -0.25) is 14.7 Å². The number of thioether (sulfide) groups is 1. The van der Waals surface area contributed by atoms with Crippen molar-refractivity contribution in [3.05, 3.63) is 30.0 Å². The van der Waals surface area contributed by atoms with Gasteiger partial charge in [0.15, 0.2) is 5.16 Å². The maximum Gasteiger partial charge on any atom is 0.321 e. The Bertz CT molecular complexity index is 810. The van der Waals surface area contributed by atoms with Gasteiger partial charge in [0.05, 0.1) is 18.6 Å². The minimum atomic E-state index is -0.409. The highest BCUT2D eigenvalue weighted by Gasteiger charge is 2.31. The molecule has 2 aromatic heterocycles. The second-order valence-corrected chi connectivity index (χ2v) is 8.37. The molecule has 0 radical (unpaired) electrons. The van der Waals surface area contributed by atoms with Gasteiger partial charge >= 0.3 is 6.03 Å². The summed E-state index contributed by atoms with van der Waals surface area (Å²) >= 11 is 1.29. The first kappa shape index (κ1) is 19.0. The Labute approximate surface area is 167 Å². The van der Waals surface area contributed by atoms with Gasteiger partial charge in [0.1, 0.15) is 11.6 Å². The monoisotopic (exact) mass is 403 g/mol. The highest BCUT2D eigenvalue weighted by atomic mass is 32.2. The standard InChI is InChI=1S/C19H25N5O3S/c25-16(21-18(26)20-14-5-2-1-3-6-14)12-28-19-23-22-17(13-8-9-13)24(19)11-15-7-4-10-27-15/h4,7,10,13-14H,1-3,5-6,8-9,11-12H2,(H2,20,21,25,26). The number of carbonyl (C=O) groups excluding carboxylic acids is 2. The first-order valence-corrected chi connectivity index (χ1v) is 10.9. The molecule has 4 rings (SSSR count). The molecule has 2 fully saturated rings. The normalized spacial score (nSPS) is 17.4. The third-order valence-electron chi connectivity index (χ3n) is 5.11. The summed E-state index contributed by atoms with van der Waals surface area (Å²) in [6.07, 6.45) is 9.31. The highest BCUT2D eigenvalue weighted by molar-refractivity contribution is 7.99. The van der Waals surface area contributed by atoms with Crippen LogP contribution in [0.1, 0.15) is 62.4 Å². The summed E-state index contributed by atoms with van der Waals surface area (Å²) in [7, 11) is 0. The number of amides is 3. The van der Waals surface area contributed by atoms with Gasteiger partial charge in [-0.15, -0.1) is 10.2 Å². The molecule has 2 N–H and O–H groups in total. The van der Waals surface area contributed by atoms with Crippen LogP contribution in [0.4, 0.5) is 4.79 Å². The summed E-state index contributed by atoms with van der Waals surface area (Å²) in [6, 6.07) is 3.52. The smallest absolute Gasteiger partial charge is 0.321 e. The molecule has 28 heavy (non-hydrogen) atoms. The van der Waals surface area contributed by atoms with Crippen molar-refractivity contribution in [3.63, 3.8) is 0 Å². The molecule has 3 amide bonds. The van der Waals surface area contributed by atoms with E-state index in [4.69, 9.17) is 4.42 Å². The lowest BCUT2D eigenvalue weighted by Gasteiger charge is -2.22. The lowest BCUT2D eigenvalue weighted by atomic mass is 9.96. The zero-order chi connectivity index (χ0) is 19.3. The average Bonchev–Trinajstić information content (AvgIpc) is 3.25. The number of urea groups is 1. The molecule has 0 aliphatic heterocycles. The van der Waals surface area contributed by atoms with Gasteiger partial charge in [-0.1, -0.05) is 31.0 Å². The van der Waals surface area contributed by atoms with Crippen LogP contribution >= 0.6 is 11.8 Å². The average molecular weight is 404 g/mol. The molecule has 0 saturated heterocycles. The minimum absolute atomic E-state index is 0.110. The zero-order valence-electron chi connectivity index (χ0n) is 15.7. The molecule has 9 heteroatoms. The molecule has 150 valence electrons. The molecule has 0 atom stereocenters. The van der Waals surface area contributed by atoms with Crippen LogP contribution in [-0.4, -0.2) is 38.5 Å². The topological polar surface area (TPSA) is 102 Å². The molecule has 2 aliphatic rings. The van der Waals surface area contributed by atoms with Crippen molar-refractivity contribution in [3.8, 4) is 0 Å². The Balaban J connectivity index is 1.31. The molecule has 2 aliphatic carbocycles. The predicted octanol–water partition coefficient (Wildman–Crippen LogP) is 3.05. The van der Waals surface area contributed by atoms with Crippen LogP contribution in [0.3, 0.4) is 0 Å². The maximum absolute atomic E-state index is 12.2. The van der Waals surface area contributed by atoms with Gasteiger partial charge in [0, 0.05) is 12.0 Å². The number of imide groups is 1. The highest BCUT2D eigenvalue weighted by Crippen LogP contribution is 2.40. The molecule has 2 saturated carbocycles. The molecule has 0 aromatic carbocycles. The Morgan fingerprint density at radius 2 is 2.00 bits per heavy atom. The molecular weight excluding hydrogens is 378 g/mol. The van der Waals surface area contributed by atoms with Crippen molar-refractivity contribution in [2.45, 2.75) is 68.6 Å². The van der Waals surface area contributed by atoms with Crippen LogP contribution in [0.5, 0.6) is 0 Å². The quantitative estimate of drug-likeness (QED) is 0.689. The van der Waals surface area contributed by atoms with E-state index in [1.807, 2.05) is 16.7 Å². The van der Waals surface area contributed by atoms with Crippen LogP contribution < -0.4 is 10.6 Å². The number of hydrogen-bond acceptors (Lipinski definition) is 6. The van der Waals surface area contributed by atoms with Crippen LogP contribution in [0, 0.1) is 0 Å². The second-order valence-electron chi connectivity index (χ2n) is 7.43. The zero-order valence-corrected chi connectivity index (χ0v) is 16.5. The lowest BCUT2D eigenvalue weighted by Crippen LogP contribution is -2.45. The van der Waals surface area contributed by atoms with Gasteiger partial charge in [-0.05, 0) is 37.8 Å². The molecule has 0 bridgehead atoms. The second kappa shape index (κ2) is 8.81. The number of aromatic nitrogens is 3. The number of carbonyl (C=O) groups is 2. The first-order chi connectivity index (χ1) is 13.7. The van der Waals surface area contributed by atoms with E-state index in [-0.39, 0.29) is 17.7 Å². The fourth-order valence-corrected chi connectivity index (χ4v) is 4.26. The maximum atomic E-state index is 12.2. The SMILES string of the molecule is O=C(CSc1nnc(C2CC2)n1Cc1ccco1)NC(=O)NC1CCCCC1. The molecule has 0 unspecified atom stereocenters. The van der Waals surface area contributed by atoms with Gasteiger partial charge < -0.3 is 9.73 Å². The molecular formula is C19H25N5O3S.